The molecule has 0 saturated carbocycles. The fourth-order valence-electron chi connectivity index (χ4n) is 0.536. The Morgan fingerprint density at radius 1 is 1.70 bits per heavy atom. The highest BCUT2D eigenvalue weighted by molar-refractivity contribution is 7.05. The molecule has 0 aromatic carbocycles. The van der Waals surface area contributed by atoms with Gasteiger partial charge in [-0.2, -0.15) is 4.37 Å². The van der Waals surface area contributed by atoms with Crippen molar-refractivity contribution >= 4 is 11.5 Å². The Morgan fingerprint density at radius 3 is 2.50 bits per heavy atom. The molecule has 0 unspecified atom stereocenters. The van der Waals surface area contributed by atoms with Crippen molar-refractivity contribution in [3.8, 4) is 0 Å². The average Bonchev–Trinajstić information content (AvgIpc) is 2.11. The molecule has 0 fully saturated rings. The molecule has 0 atom stereocenters. The number of rotatable bonds is 1. The first-order valence-electron chi connectivity index (χ1n) is 2.67. The summed E-state index contributed by atoms with van der Waals surface area (Å²) in [6.45, 7) is 4.36. The van der Waals surface area contributed by atoms with Gasteiger partial charge in [-0.05, 0) is 24.5 Å². The fraction of sp³-hybridized carbons (Fsp3) is 0.333. The van der Waals surface area contributed by atoms with Gasteiger partial charge in [-0.15, -0.1) is 0 Å². The van der Waals surface area contributed by atoms with Gasteiger partial charge in [0.25, 0.3) is 5.92 Å². The zero-order chi connectivity index (χ0) is 7.78. The Kier molecular flexibility index (Phi) is 1.72. The van der Waals surface area contributed by atoms with Crippen LogP contribution in [0.2, 0.25) is 0 Å². The molecule has 0 spiro atoms. The molecule has 0 aliphatic carbocycles. The summed E-state index contributed by atoms with van der Waals surface area (Å²) in [6.07, 6.45) is 0. The van der Waals surface area contributed by atoms with E-state index in [2.05, 4.69) is 11.3 Å². The molecule has 0 bridgehead atoms. The van der Waals surface area contributed by atoms with Gasteiger partial charge in [0.1, 0.15) is 0 Å². The van der Waals surface area contributed by atoms with Crippen molar-refractivity contribution in [3.05, 3.63) is 23.6 Å². The summed E-state index contributed by atoms with van der Waals surface area (Å²) in [6, 6.07) is 1.34. The minimum atomic E-state index is -2.98. The van der Waals surface area contributed by atoms with Crippen LogP contribution in [0.5, 0.6) is 0 Å². The van der Waals surface area contributed by atoms with Crippen molar-refractivity contribution < 1.29 is 8.78 Å². The van der Waals surface area contributed by atoms with Crippen molar-refractivity contribution in [2.75, 3.05) is 0 Å². The van der Waals surface area contributed by atoms with E-state index >= 15 is 0 Å². The van der Waals surface area contributed by atoms with Gasteiger partial charge in [0.05, 0.1) is 10.6 Å². The van der Waals surface area contributed by atoms with Crippen LogP contribution in [-0.4, -0.2) is 4.37 Å². The van der Waals surface area contributed by atoms with Crippen LogP contribution in [0.3, 0.4) is 0 Å². The fourth-order valence-corrected chi connectivity index (χ4v) is 1.19. The summed E-state index contributed by atoms with van der Waals surface area (Å²) in [5.41, 5.74) is 0.614. The molecule has 0 aliphatic heterocycles. The molecule has 1 heterocycles. The SMILES string of the molecule is [CH2]C(F)(F)c1cc(C)ns1. The predicted molar refractivity (Wildman–Crippen MR) is 36.1 cm³/mol. The Balaban J connectivity index is 2.96. The van der Waals surface area contributed by atoms with Crippen LogP contribution < -0.4 is 0 Å². The predicted octanol–water partition coefficient (Wildman–Crippen LogP) is 2.38. The van der Waals surface area contributed by atoms with Crippen LogP contribution in [0.1, 0.15) is 10.6 Å². The molecule has 1 rings (SSSR count). The lowest BCUT2D eigenvalue weighted by Gasteiger charge is -2.03. The summed E-state index contributed by atoms with van der Waals surface area (Å²) in [4.78, 5) is -0.0787. The van der Waals surface area contributed by atoms with Crippen molar-refractivity contribution in [2.45, 2.75) is 12.8 Å². The largest absolute Gasteiger partial charge is 0.284 e. The van der Waals surface area contributed by atoms with Gasteiger partial charge in [-0.3, -0.25) is 0 Å². The molecule has 10 heavy (non-hydrogen) atoms. The molecular weight excluding hydrogens is 156 g/mol. The summed E-state index contributed by atoms with van der Waals surface area (Å²) < 4.78 is 28.4. The van der Waals surface area contributed by atoms with Gasteiger partial charge in [0.2, 0.25) is 0 Å². The van der Waals surface area contributed by atoms with E-state index < -0.39 is 5.92 Å². The number of nitrogens with zero attached hydrogens (tertiary/aromatic N) is 1. The Labute approximate surface area is 61.9 Å². The zero-order valence-electron chi connectivity index (χ0n) is 5.40. The first-order chi connectivity index (χ1) is 4.50. The Bertz CT molecular complexity index is 226. The third-order valence-corrected chi connectivity index (χ3v) is 1.98. The maximum absolute atomic E-state index is 12.3. The van der Waals surface area contributed by atoms with Crippen LogP contribution in [0.4, 0.5) is 8.78 Å². The van der Waals surface area contributed by atoms with E-state index in [9.17, 15) is 8.78 Å². The molecular formula is C6H6F2NS. The average molecular weight is 162 g/mol. The number of halogens is 2. The highest BCUT2D eigenvalue weighted by Crippen LogP contribution is 2.29. The van der Waals surface area contributed by atoms with Crippen molar-refractivity contribution in [1.29, 1.82) is 0 Å². The van der Waals surface area contributed by atoms with Crippen LogP contribution in [0, 0.1) is 13.8 Å². The highest BCUT2D eigenvalue weighted by Gasteiger charge is 2.26. The number of aryl methyl sites for hydroxylation is 1. The quantitative estimate of drug-likeness (QED) is 0.617. The third kappa shape index (κ3) is 1.50. The lowest BCUT2D eigenvalue weighted by molar-refractivity contribution is 0.0528. The van der Waals surface area contributed by atoms with E-state index in [-0.39, 0.29) is 4.88 Å². The van der Waals surface area contributed by atoms with Crippen molar-refractivity contribution in [2.24, 2.45) is 0 Å². The molecule has 0 aliphatic rings. The Hall–Kier alpha value is -0.510. The monoisotopic (exact) mass is 162 g/mol. The molecule has 4 heteroatoms. The minimum absolute atomic E-state index is 0.0787. The first-order valence-corrected chi connectivity index (χ1v) is 3.44. The maximum atomic E-state index is 12.3. The number of alkyl halides is 2. The van der Waals surface area contributed by atoms with Crippen molar-refractivity contribution in [1.82, 2.24) is 4.37 Å². The second-order valence-corrected chi connectivity index (χ2v) is 2.84. The molecule has 1 aromatic heterocycles. The van der Waals surface area contributed by atoms with E-state index in [1.807, 2.05) is 0 Å². The topological polar surface area (TPSA) is 12.9 Å². The highest BCUT2D eigenvalue weighted by atomic mass is 32.1. The van der Waals surface area contributed by atoms with Gasteiger partial charge in [-0.25, -0.2) is 8.78 Å². The lowest BCUT2D eigenvalue weighted by atomic mass is 10.3. The molecule has 1 aromatic rings. The van der Waals surface area contributed by atoms with Gasteiger partial charge < -0.3 is 0 Å². The second-order valence-electron chi connectivity index (χ2n) is 2.04. The minimum Gasteiger partial charge on any atom is -0.200 e. The maximum Gasteiger partial charge on any atom is 0.284 e. The summed E-state index contributed by atoms with van der Waals surface area (Å²) in [5.74, 6) is -2.98. The number of hydrogen-bond acceptors (Lipinski definition) is 2. The van der Waals surface area contributed by atoms with Crippen molar-refractivity contribution in [3.63, 3.8) is 0 Å². The molecule has 55 valence electrons. The molecule has 0 amide bonds. The van der Waals surface area contributed by atoms with E-state index in [0.29, 0.717) is 5.69 Å². The van der Waals surface area contributed by atoms with E-state index in [0.717, 1.165) is 11.5 Å². The van der Waals surface area contributed by atoms with E-state index in [1.165, 1.54) is 6.07 Å². The normalized spacial score (nSPS) is 12.0. The zero-order valence-corrected chi connectivity index (χ0v) is 6.21. The molecule has 1 radical (unpaired) electrons. The standard InChI is InChI=1S/C6H6F2NS/c1-4-3-5(10-9-4)6(2,7)8/h3H,2H2,1H3. The third-order valence-electron chi connectivity index (χ3n) is 0.988. The van der Waals surface area contributed by atoms with E-state index in [1.54, 1.807) is 6.92 Å². The van der Waals surface area contributed by atoms with Crippen LogP contribution in [0.25, 0.3) is 0 Å². The van der Waals surface area contributed by atoms with E-state index in [4.69, 9.17) is 0 Å². The molecule has 1 nitrogen and oxygen atoms in total. The second kappa shape index (κ2) is 2.27. The summed E-state index contributed by atoms with van der Waals surface area (Å²) >= 11 is 0.794. The smallest absolute Gasteiger partial charge is 0.200 e. The Morgan fingerprint density at radius 2 is 2.30 bits per heavy atom. The van der Waals surface area contributed by atoms with Gasteiger partial charge in [0.15, 0.2) is 0 Å². The van der Waals surface area contributed by atoms with Gasteiger partial charge >= 0.3 is 0 Å². The van der Waals surface area contributed by atoms with Crippen LogP contribution in [-0.2, 0) is 5.92 Å². The molecule has 0 N–H and O–H groups in total. The van der Waals surface area contributed by atoms with Gasteiger partial charge in [-0.1, -0.05) is 0 Å². The first kappa shape index (κ1) is 7.60. The summed E-state index contributed by atoms with van der Waals surface area (Å²) in [5, 5.41) is 0. The number of hydrogen-bond donors (Lipinski definition) is 0. The lowest BCUT2D eigenvalue weighted by Crippen LogP contribution is -2.03. The van der Waals surface area contributed by atoms with Crippen LogP contribution in [0.15, 0.2) is 6.07 Å². The van der Waals surface area contributed by atoms with Crippen LogP contribution >= 0.6 is 11.5 Å². The molecule has 0 saturated heterocycles. The van der Waals surface area contributed by atoms with Gasteiger partial charge in [0, 0.05) is 6.92 Å². The summed E-state index contributed by atoms with van der Waals surface area (Å²) in [7, 11) is 0. The number of aromatic nitrogens is 1.